The van der Waals surface area contributed by atoms with Gasteiger partial charge in [0.2, 0.25) is 0 Å². The molecule has 1 aromatic rings. The van der Waals surface area contributed by atoms with Crippen molar-refractivity contribution in [1.82, 2.24) is 4.90 Å². The summed E-state index contributed by atoms with van der Waals surface area (Å²) in [5.74, 6) is 0. The number of phosphoric acid groups is 1. The van der Waals surface area contributed by atoms with Gasteiger partial charge in [-0.1, -0.05) is 36.4 Å². The first-order valence-corrected chi connectivity index (χ1v) is 10.2. The number of phosphoric ester groups is 1. The predicted molar refractivity (Wildman–Crippen MR) is 103 cm³/mol. The van der Waals surface area contributed by atoms with Crippen LogP contribution in [-0.2, 0) is 18.1 Å². The third-order valence-corrected chi connectivity index (χ3v) is 5.45. The Labute approximate surface area is 152 Å². The molecule has 0 aliphatic carbocycles. The Morgan fingerprint density at radius 1 is 1.04 bits per heavy atom. The van der Waals surface area contributed by atoms with Crippen LogP contribution < -0.4 is 0 Å². The van der Waals surface area contributed by atoms with Crippen molar-refractivity contribution >= 4 is 7.82 Å². The molecule has 5 nitrogen and oxygen atoms in total. The fourth-order valence-electron chi connectivity index (χ4n) is 2.40. The Hall–Kier alpha value is -0.970. The van der Waals surface area contributed by atoms with Crippen molar-refractivity contribution in [2.45, 2.75) is 59.0 Å². The number of rotatable bonds is 11. The van der Waals surface area contributed by atoms with Gasteiger partial charge < -0.3 is 0 Å². The predicted octanol–water partition coefficient (Wildman–Crippen LogP) is 5.21. The molecule has 0 radical (unpaired) electrons. The number of hydrogen-bond donors (Lipinski definition) is 0. The Bertz CT molecular complexity index is 548. The molecule has 2 atom stereocenters. The topological polar surface area (TPSA) is 48.0 Å². The summed E-state index contributed by atoms with van der Waals surface area (Å²) in [6.45, 7) is 13.7. The number of benzene rings is 1. The highest BCUT2D eigenvalue weighted by molar-refractivity contribution is 7.48. The summed E-state index contributed by atoms with van der Waals surface area (Å²) in [6.07, 6.45) is 0.812. The van der Waals surface area contributed by atoms with Crippen molar-refractivity contribution in [3.8, 4) is 0 Å². The van der Waals surface area contributed by atoms with Crippen molar-refractivity contribution in [2.75, 3.05) is 13.6 Å². The summed E-state index contributed by atoms with van der Waals surface area (Å²) in [4.78, 5) is 2.08. The van der Waals surface area contributed by atoms with Crippen LogP contribution >= 0.6 is 7.82 Å². The van der Waals surface area contributed by atoms with E-state index in [-0.39, 0.29) is 18.2 Å². The van der Waals surface area contributed by atoms with Crippen molar-refractivity contribution in [1.29, 1.82) is 0 Å². The van der Waals surface area contributed by atoms with Gasteiger partial charge >= 0.3 is 7.82 Å². The van der Waals surface area contributed by atoms with Crippen LogP contribution in [0.4, 0.5) is 0 Å². The van der Waals surface area contributed by atoms with E-state index in [1.807, 2.05) is 78.1 Å². The monoisotopic (exact) mass is 369 g/mol. The first-order valence-electron chi connectivity index (χ1n) is 8.69. The summed E-state index contributed by atoms with van der Waals surface area (Å²) in [7, 11) is -1.74. The Morgan fingerprint density at radius 2 is 1.56 bits per heavy atom. The van der Waals surface area contributed by atoms with Crippen LogP contribution in [0.25, 0.3) is 0 Å². The van der Waals surface area contributed by atoms with Crippen molar-refractivity contribution in [3.63, 3.8) is 0 Å². The third kappa shape index (κ3) is 7.43. The molecule has 0 amide bonds. The maximum atomic E-state index is 13.2. The van der Waals surface area contributed by atoms with E-state index in [2.05, 4.69) is 11.5 Å². The zero-order valence-electron chi connectivity index (χ0n) is 16.2. The first kappa shape index (κ1) is 22.1. The molecule has 0 heterocycles. The van der Waals surface area contributed by atoms with Gasteiger partial charge in [0.25, 0.3) is 0 Å². The van der Waals surface area contributed by atoms with Crippen LogP contribution in [0, 0.1) is 0 Å². The molecule has 142 valence electrons. The highest BCUT2D eigenvalue weighted by atomic mass is 31.2. The Morgan fingerprint density at radius 3 is 2.00 bits per heavy atom. The van der Waals surface area contributed by atoms with Gasteiger partial charge in [-0.05, 0) is 47.2 Å². The molecule has 0 bridgehead atoms. The van der Waals surface area contributed by atoms with Gasteiger partial charge in [0.05, 0.1) is 12.2 Å². The second kappa shape index (κ2) is 10.2. The lowest BCUT2D eigenvalue weighted by Crippen LogP contribution is -2.35. The smallest absolute Gasteiger partial charge is 0.297 e. The van der Waals surface area contributed by atoms with Gasteiger partial charge in [-0.2, -0.15) is 0 Å². The summed E-state index contributed by atoms with van der Waals surface area (Å²) in [6, 6.07) is 9.66. The molecule has 0 spiro atoms. The zero-order valence-corrected chi connectivity index (χ0v) is 17.1. The minimum atomic E-state index is -3.72. The molecule has 25 heavy (non-hydrogen) atoms. The van der Waals surface area contributed by atoms with E-state index in [1.54, 1.807) is 0 Å². The summed E-state index contributed by atoms with van der Waals surface area (Å²) < 4.78 is 30.3. The highest BCUT2D eigenvalue weighted by Crippen LogP contribution is 2.55. The van der Waals surface area contributed by atoms with Crippen LogP contribution in [0.15, 0.2) is 43.0 Å². The molecule has 0 N–H and O–H groups in total. The fourth-order valence-corrected chi connectivity index (χ4v) is 4.16. The molecule has 0 aliphatic heterocycles. The normalized spacial score (nSPS) is 14.9. The van der Waals surface area contributed by atoms with E-state index in [0.29, 0.717) is 6.54 Å². The molecule has 0 aromatic heterocycles. The average molecular weight is 369 g/mol. The van der Waals surface area contributed by atoms with E-state index in [1.165, 1.54) is 0 Å². The van der Waals surface area contributed by atoms with E-state index in [0.717, 1.165) is 5.56 Å². The molecule has 1 aromatic carbocycles. The fraction of sp³-hybridized carbons (Fsp3) is 0.579. The second-order valence-electron chi connectivity index (χ2n) is 6.66. The van der Waals surface area contributed by atoms with Crippen LogP contribution in [0.2, 0.25) is 0 Å². The maximum absolute atomic E-state index is 13.2. The molecule has 0 saturated heterocycles. The molecule has 0 aliphatic rings. The van der Waals surface area contributed by atoms with Gasteiger partial charge in [0.15, 0.2) is 0 Å². The van der Waals surface area contributed by atoms with E-state index in [9.17, 15) is 4.57 Å². The Kier molecular flexibility index (Phi) is 9.04. The van der Waals surface area contributed by atoms with Crippen molar-refractivity contribution in [2.24, 2.45) is 0 Å². The summed E-state index contributed by atoms with van der Waals surface area (Å²) in [5, 5.41) is 0. The van der Waals surface area contributed by atoms with Crippen LogP contribution in [-0.4, -0.2) is 36.7 Å². The van der Waals surface area contributed by atoms with Gasteiger partial charge in [0, 0.05) is 12.6 Å². The van der Waals surface area contributed by atoms with E-state index >= 15 is 0 Å². The molecule has 6 heteroatoms. The lowest BCUT2D eigenvalue weighted by molar-refractivity contribution is 0.0186. The van der Waals surface area contributed by atoms with Crippen LogP contribution in [0.1, 0.15) is 46.3 Å². The van der Waals surface area contributed by atoms with Crippen LogP contribution in [0.3, 0.4) is 0 Å². The van der Waals surface area contributed by atoms with Gasteiger partial charge in [-0.15, -0.1) is 6.58 Å². The minimum Gasteiger partial charge on any atom is -0.297 e. The maximum Gasteiger partial charge on any atom is 0.475 e. The molecule has 0 saturated carbocycles. The molecule has 2 unspecified atom stereocenters. The van der Waals surface area contributed by atoms with Gasteiger partial charge in [-0.3, -0.25) is 18.5 Å². The first-order chi connectivity index (χ1) is 11.7. The average Bonchev–Trinajstić information content (AvgIpc) is 2.51. The number of hydrogen-bond acceptors (Lipinski definition) is 5. The second-order valence-corrected chi connectivity index (χ2v) is 8.19. The van der Waals surface area contributed by atoms with Crippen molar-refractivity contribution < 1.29 is 18.1 Å². The lowest BCUT2D eigenvalue weighted by atomic mass is 10.0. The van der Waals surface area contributed by atoms with E-state index < -0.39 is 13.9 Å². The summed E-state index contributed by atoms with van der Waals surface area (Å²) >= 11 is 0. The quantitative estimate of drug-likeness (QED) is 0.396. The lowest BCUT2D eigenvalue weighted by Gasteiger charge is -2.34. The largest absolute Gasteiger partial charge is 0.475 e. The van der Waals surface area contributed by atoms with E-state index in [4.69, 9.17) is 13.6 Å². The molecule has 0 fully saturated rings. The van der Waals surface area contributed by atoms with Crippen LogP contribution in [0.5, 0.6) is 0 Å². The van der Waals surface area contributed by atoms with Crippen molar-refractivity contribution in [3.05, 3.63) is 48.6 Å². The van der Waals surface area contributed by atoms with Gasteiger partial charge in [-0.25, -0.2) is 4.57 Å². The highest BCUT2D eigenvalue weighted by Gasteiger charge is 2.37. The SMILES string of the molecule is C=CCN(C)C(C)C(OP(=O)(OC(C)C)OC(C)C)c1ccccc1. The standard InChI is InChI=1S/C19H32NO4P/c1-8-14-20(7)17(6)19(18-12-10-9-11-13-18)24-25(21,22-15(2)3)23-16(4)5/h8-13,15-17,19H,1,14H2,2-7H3. The molecule has 1 rings (SSSR count). The third-order valence-electron chi connectivity index (χ3n) is 3.60. The molecular weight excluding hydrogens is 337 g/mol. The summed E-state index contributed by atoms with van der Waals surface area (Å²) in [5.41, 5.74) is 0.922. The number of likely N-dealkylation sites (N-methyl/N-ethyl adjacent to an activating group) is 1. The van der Waals surface area contributed by atoms with Gasteiger partial charge in [0.1, 0.15) is 6.10 Å². The molecular formula is C19H32NO4P. The zero-order chi connectivity index (χ0) is 19.0. The Balaban J connectivity index is 3.16. The minimum absolute atomic E-state index is 0.0553. The number of nitrogens with zero attached hydrogens (tertiary/aromatic N) is 1.